The van der Waals surface area contributed by atoms with Crippen LogP contribution in [0.1, 0.15) is 25.1 Å². The molecule has 2 N–H and O–H groups in total. The zero-order valence-corrected chi connectivity index (χ0v) is 14.4. The number of rotatable bonds is 7. The minimum Gasteiger partial charge on any atom is -0.356 e. The largest absolute Gasteiger partial charge is 0.356 e. The molecule has 0 radical (unpaired) electrons. The van der Waals surface area contributed by atoms with Gasteiger partial charge in [-0.3, -0.25) is 9.67 Å². The van der Waals surface area contributed by atoms with Gasteiger partial charge in [0.25, 0.3) is 0 Å². The van der Waals surface area contributed by atoms with Crippen molar-refractivity contribution >= 4 is 17.3 Å². The van der Waals surface area contributed by atoms with Crippen LogP contribution in [0.15, 0.2) is 41.0 Å². The number of aliphatic imine (C=N–C) groups is 1. The fraction of sp³-hybridized carbons (Fsp3) is 0.500. The molecule has 2 heterocycles. The van der Waals surface area contributed by atoms with E-state index in [1.54, 1.807) is 24.6 Å². The molecule has 0 unspecified atom stereocenters. The Kier molecular flexibility index (Phi) is 6.00. The Hall–Kier alpha value is -1.82. The van der Waals surface area contributed by atoms with Gasteiger partial charge in [-0.05, 0) is 23.9 Å². The van der Waals surface area contributed by atoms with E-state index in [4.69, 9.17) is 0 Å². The van der Waals surface area contributed by atoms with Gasteiger partial charge in [0.1, 0.15) is 0 Å². The van der Waals surface area contributed by atoms with Crippen LogP contribution in [-0.4, -0.2) is 35.9 Å². The summed E-state index contributed by atoms with van der Waals surface area (Å²) in [6.07, 6.45) is 4.80. The predicted molar refractivity (Wildman–Crippen MR) is 93.6 cm³/mol. The standard InChI is InChI=1S/C16H25N5S/c1-16(2,14-7-4-12-22-14)13-19-15(17-3)18-8-5-10-21-11-6-9-20-21/h4,6-7,9,11-12H,5,8,10,13H2,1-3H3,(H2,17,18,19). The lowest BCUT2D eigenvalue weighted by molar-refractivity contribution is 0.515. The Morgan fingerprint density at radius 1 is 1.36 bits per heavy atom. The highest BCUT2D eigenvalue weighted by molar-refractivity contribution is 7.10. The van der Waals surface area contributed by atoms with Crippen molar-refractivity contribution in [3.63, 3.8) is 0 Å². The smallest absolute Gasteiger partial charge is 0.191 e. The second-order valence-corrected chi connectivity index (χ2v) is 6.78. The lowest BCUT2D eigenvalue weighted by atomic mass is 9.91. The van der Waals surface area contributed by atoms with Gasteiger partial charge in [-0.15, -0.1) is 11.3 Å². The molecule has 5 nitrogen and oxygen atoms in total. The highest BCUT2D eigenvalue weighted by atomic mass is 32.1. The molecular weight excluding hydrogens is 294 g/mol. The Labute approximate surface area is 136 Å². The van der Waals surface area contributed by atoms with Gasteiger partial charge in [0.05, 0.1) is 0 Å². The minimum absolute atomic E-state index is 0.0981. The molecule has 0 fully saturated rings. The average molecular weight is 319 g/mol. The molecule has 2 rings (SSSR count). The Morgan fingerprint density at radius 3 is 2.86 bits per heavy atom. The topological polar surface area (TPSA) is 54.2 Å². The van der Waals surface area contributed by atoms with Gasteiger partial charge in [-0.1, -0.05) is 19.9 Å². The van der Waals surface area contributed by atoms with Gasteiger partial charge < -0.3 is 10.6 Å². The maximum absolute atomic E-state index is 4.28. The summed E-state index contributed by atoms with van der Waals surface area (Å²) in [4.78, 5) is 5.67. The number of hydrogen-bond donors (Lipinski definition) is 2. The van der Waals surface area contributed by atoms with E-state index in [0.717, 1.165) is 32.0 Å². The second-order valence-electron chi connectivity index (χ2n) is 5.84. The van der Waals surface area contributed by atoms with E-state index in [2.05, 4.69) is 52.1 Å². The summed E-state index contributed by atoms with van der Waals surface area (Å²) in [6, 6.07) is 6.23. The fourth-order valence-corrected chi connectivity index (χ4v) is 3.01. The van der Waals surface area contributed by atoms with E-state index >= 15 is 0 Å². The zero-order chi connectivity index (χ0) is 15.8. The first-order valence-electron chi connectivity index (χ1n) is 7.58. The third kappa shape index (κ3) is 4.87. The summed E-state index contributed by atoms with van der Waals surface area (Å²) in [7, 11) is 1.81. The maximum atomic E-state index is 4.28. The molecule has 0 saturated carbocycles. The summed E-state index contributed by atoms with van der Waals surface area (Å²) in [5.41, 5.74) is 0.0981. The molecule has 0 saturated heterocycles. The zero-order valence-electron chi connectivity index (χ0n) is 13.5. The minimum atomic E-state index is 0.0981. The average Bonchev–Trinajstić information content (AvgIpc) is 3.20. The number of aromatic nitrogens is 2. The molecule has 120 valence electrons. The third-order valence-corrected chi connectivity index (χ3v) is 4.76. The molecular formula is C16H25N5S. The molecule has 2 aromatic rings. The molecule has 0 aliphatic rings. The van der Waals surface area contributed by atoms with E-state index in [9.17, 15) is 0 Å². The summed E-state index contributed by atoms with van der Waals surface area (Å²) in [5, 5.41) is 13.1. The van der Waals surface area contributed by atoms with Crippen molar-refractivity contribution in [2.75, 3.05) is 20.1 Å². The second kappa shape index (κ2) is 7.98. The van der Waals surface area contributed by atoms with Crippen LogP contribution in [0.4, 0.5) is 0 Å². The Morgan fingerprint density at radius 2 is 2.23 bits per heavy atom. The van der Waals surface area contributed by atoms with E-state index < -0.39 is 0 Å². The van der Waals surface area contributed by atoms with Gasteiger partial charge in [-0.2, -0.15) is 5.10 Å². The highest BCUT2D eigenvalue weighted by Crippen LogP contribution is 2.26. The van der Waals surface area contributed by atoms with E-state index in [0.29, 0.717) is 0 Å². The number of guanidine groups is 1. The number of nitrogens with zero attached hydrogens (tertiary/aromatic N) is 3. The highest BCUT2D eigenvalue weighted by Gasteiger charge is 2.21. The number of nitrogens with one attached hydrogen (secondary N) is 2. The Balaban J connectivity index is 1.71. The van der Waals surface area contributed by atoms with Crippen LogP contribution in [0.5, 0.6) is 0 Å². The van der Waals surface area contributed by atoms with Gasteiger partial charge in [-0.25, -0.2) is 0 Å². The lowest BCUT2D eigenvalue weighted by Crippen LogP contribution is -2.43. The van der Waals surface area contributed by atoms with Crippen LogP contribution in [0.25, 0.3) is 0 Å². The monoisotopic (exact) mass is 319 g/mol. The van der Waals surface area contributed by atoms with E-state index in [-0.39, 0.29) is 5.41 Å². The molecule has 2 aromatic heterocycles. The van der Waals surface area contributed by atoms with Crippen molar-refractivity contribution in [3.05, 3.63) is 40.8 Å². The van der Waals surface area contributed by atoms with Gasteiger partial charge in [0, 0.05) is 49.4 Å². The summed E-state index contributed by atoms with van der Waals surface area (Å²) in [5.74, 6) is 0.852. The van der Waals surface area contributed by atoms with Crippen LogP contribution in [0, 0.1) is 0 Å². The first-order chi connectivity index (χ1) is 10.6. The normalized spacial score (nSPS) is 12.4. The first kappa shape index (κ1) is 16.5. The van der Waals surface area contributed by atoms with Crippen LogP contribution in [0.2, 0.25) is 0 Å². The van der Waals surface area contributed by atoms with E-state index in [1.807, 2.05) is 16.9 Å². The molecule has 0 spiro atoms. The number of thiophene rings is 1. The van der Waals surface area contributed by atoms with Crippen molar-refractivity contribution in [3.8, 4) is 0 Å². The predicted octanol–water partition coefficient (Wildman–Crippen LogP) is 2.48. The summed E-state index contributed by atoms with van der Waals surface area (Å²) in [6.45, 7) is 7.14. The third-order valence-electron chi connectivity index (χ3n) is 3.53. The number of hydrogen-bond acceptors (Lipinski definition) is 3. The van der Waals surface area contributed by atoms with Gasteiger partial charge >= 0.3 is 0 Å². The van der Waals surface area contributed by atoms with Crippen molar-refractivity contribution < 1.29 is 0 Å². The van der Waals surface area contributed by atoms with Crippen LogP contribution in [-0.2, 0) is 12.0 Å². The lowest BCUT2D eigenvalue weighted by Gasteiger charge is -2.25. The quantitative estimate of drug-likeness (QED) is 0.468. The van der Waals surface area contributed by atoms with Crippen molar-refractivity contribution in [2.45, 2.75) is 32.2 Å². The van der Waals surface area contributed by atoms with Gasteiger partial charge in [0.2, 0.25) is 0 Å². The molecule has 0 bridgehead atoms. The molecule has 0 aliphatic carbocycles. The molecule has 0 aromatic carbocycles. The molecule has 0 amide bonds. The van der Waals surface area contributed by atoms with Crippen molar-refractivity contribution in [1.82, 2.24) is 20.4 Å². The maximum Gasteiger partial charge on any atom is 0.191 e. The summed E-state index contributed by atoms with van der Waals surface area (Å²) >= 11 is 1.80. The molecule has 22 heavy (non-hydrogen) atoms. The van der Waals surface area contributed by atoms with Crippen molar-refractivity contribution in [2.24, 2.45) is 4.99 Å². The van der Waals surface area contributed by atoms with Crippen LogP contribution >= 0.6 is 11.3 Å². The molecule has 0 aliphatic heterocycles. The van der Waals surface area contributed by atoms with Crippen LogP contribution < -0.4 is 10.6 Å². The van der Waals surface area contributed by atoms with Crippen molar-refractivity contribution in [1.29, 1.82) is 0 Å². The molecule has 6 heteroatoms. The van der Waals surface area contributed by atoms with Gasteiger partial charge in [0.15, 0.2) is 5.96 Å². The number of aryl methyl sites for hydroxylation is 1. The summed E-state index contributed by atoms with van der Waals surface area (Å²) < 4.78 is 1.94. The van der Waals surface area contributed by atoms with Crippen LogP contribution in [0.3, 0.4) is 0 Å². The Bertz CT molecular complexity index is 557. The fourth-order valence-electron chi connectivity index (χ4n) is 2.16. The SMILES string of the molecule is CN=C(NCCCn1cccn1)NCC(C)(C)c1cccs1. The molecule has 0 atom stereocenters. The van der Waals surface area contributed by atoms with E-state index in [1.165, 1.54) is 4.88 Å². The first-order valence-corrected chi connectivity index (χ1v) is 8.46.